The molecule has 92 valence electrons. The molecule has 4 aromatic rings. The fourth-order valence-electron chi connectivity index (χ4n) is 2.02. The summed E-state index contributed by atoms with van der Waals surface area (Å²) in [6.45, 7) is 0. The highest BCUT2D eigenvalue weighted by Gasteiger charge is 2.07. The molecular weight excluding hydrogens is 242 g/mol. The van der Waals surface area contributed by atoms with Gasteiger partial charge in [-0.3, -0.25) is 5.10 Å². The molecule has 19 heavy (non-hydrogen) atoms. The fraction of sp³-hybridized carbons (Fsp3) is 0. The molecule has 2 N–H and O–H groups in total. The third-order valence-electron chi connectivity index (χ3n) is 2.95. The van der Waals surface area contributed by atoms with Gasteiger partial charge in [0.25, 0.3) is 0 Å². The first-order valence-electron chi connectivity index (χ1n) is 5.79. The molecule has 0 amide bonds. The lowest BCUT2D eigenvalue weighted by atomic mass is 10.2. The molecule has 0 aliphatic carbocycles. The number of nitrogens with one attached hydrogen (secondary N) is 2. The van der Waals surface area contributed by atoms with Crippen LogP contribution in [0.3, 0.4) is 0 Å². The molecule has 0 saturated carbocycles. The number of hydrogen-bond donors (Lipinski definition) is 2. The summed E-state index contributed by atoms with van der Waals surface area (Å²) in [6.07, 6.45) is 5.06. The van der Waals surface area contributed by atoms with Gasteiger partial charge in [0.15, 0.2) is 0 Å². The largest absolute Gasteiger partial charge is 0.438 e. The molecule has 1 aromatic carbocycles. The average molecular weight is 251 g/mol. The van der Waals surface area contributed by atoms with Crippen molar-refractivity contribution >= 4 is 21.9 Å². The van der Waals surface area contributed by atoms with E-state index in [4.69, 9.17) is 4.74 Å². The number of aromatic amines is 2. The monoisotopic (exact) mass is 251 g/mol. The quantitative estimate of drug-likeness (QED) is 0.574. The maximum Gasteiger partial charge on any atom is 0.231 e. The SMILES string of the molecule is c1nc(Oc2ccc3cn[nH]c3c2)c2cc[nH]c2n1. The van der Waals surface area contributed by atoms with Gasteiger partial charge in [0.2, 0.25) is 5.88 Å². The minimum atomic E-state index is 0.533. The minimum Gasteiger partial charge on any atom is -0.438 e. The molecule has 6 nitrogen and oxygen atoms in total. The number of fused-ring (bicyclic) bond motifs is 2. The molecule has 0 unspecified atom stereocenters. The van der Waals surface area contributed by atoms with Gasteiger partial charge >= 0.3 is 0 Å². The Hall–Kier alpha value is -2.89. The summed E-state index contributed by atoms with van der Waals surface area (Å²) in [7, 11) is 0. The van der Waals surface area contributed by atoms with Crippen molar-refractivity contribution in [3.63, 3.8) is 0 Å². The van der Waals surface area contributed by atoms with Crippen LogP contribution in [-0.2, 0) is 0 Å². The maximum atomic E-state index is 5.81. The Morgan fingerprint density at radius 1 is 1.11 bits per heavy atom. The van der Waals surface area contributed by atoms with Crippen LogP contribution in [-0.4, -0.2) is 25.1 Å². The Morgan fingerprint density at radius 2 is 2.11 bits per heavy atom. The van der Waals surface area contributed by atoms with Crippen LogP contribution in [0.4, 0.5) is 0 Å². The van der Waals surface area contributed by atoms with E-state index in [0.717, 1.165) is 21.9 Å². The Balaban J connectivity index is 1.79. The molecule has 0 saturated heterocycles. The molecule has 0 aliphatic rings. The number of benzene rings is 1. The topological polar surface area (TPSA) is 79.5 Å². The molecule has 0 spiro atoms. The van der Waals surface area contributed by atoms with Gasteiger partial charge in [-0.25, -0.2) is 9.97 Å². The number of aromatic nitrogens is 5. The number of nitrogens with zero attached hydrogens (tertiary/aromatic N) is 3. The van der Waals surface area contributed by atoms with E-state index in [0.29, 0.717) is 11.6 Å². The molecule has 0 bridgehead atoms. The van der Waals surface area contributed by atoms with Crippen molar-refractivity contribution in [1.29, 1.82) is 0 Å². The highest BCUT2D eigenvalue weighted by atomic mass is 16.5. The smallest absolute Gasteiger partial charge is 0.231 e. The van der Waals surface area contributed by atoms with Crippen LogP contribution in [0.2, 0.25) is 0 Å². The van der Waals surface area contributed by atoms with Crippen molar-refractivity contribution in [2.45, 2.75) is 0 Å². The number of ether oxygens (including phenoxy) is 1. The van der Waals surface area contributed by atoms with Crippen molar-refractivity contribution in [3.05, 3.63) is 43.0 Å². The van der Waals surface area contributed by atoms with Crippen molar-refractivity contribution in [3.8, 4) is 11.6 Å². The van der Waals surface area contributed by atoms with E-state index in [2.05, 4.69) is 25.1 Å². The van der Waals surface area contributed by atoms with Crippen LogP contribution in [0, 0.1) is 0 Å². The van der Waals surface area contributed by atoms with E-state index in [1.807, 2.05) is 30.5 Å². The Kier molecular flexibility index (Phi) is 2.02. The van der Waals surface area contributed by atoms with Crippen LogP contribution >= 0.6 is 0 Å². The predicted octanol–water partition coefficient (Wildman–Crippen LogP) is 2.63. The summed E-state index contributed by atoms with van der Waals surface area (Å²) >= 11 is 0. The third-order valence-corrected chi connectivity index (χ3v) is 2.95. The van der Waals surface area contributed by atoms with Crippen molar-refractivity contribution in [2.75, 3.05) is 0 Å². The zero-order valence-electron chi connectivity index (χ0n) is 9.79. The molecule has 0 aliphatic heterocycles. The van der Waals surface area contributed by atoms with Gasteiger partial charge in [0.1, 0.15) is 17.7 Å². The zero-order chi connectivity index (χ0) is 12.7. The maximum absolute atomic E-state index is 5.81. The normalized spacial score (nSPS) is 11.2. The lowest BCUT2D eigenvalue weighted by Crippen LogP contribution is -1.90. The summed E-state index contributed by atoms with van der Waals surface area (Å²) in [5, 5.41) is 8.79. The van der Waals surface area contributed by atoms with E-state index in [1.54, 1.807) is 6.20 Å². The Bertz CT molecular complexity index is 863. The summed E-state index contributed by atoms with van der Waals surface area (Å²) in [5.74, 6) is 1.24. The van der Waals surface area contributed by atoms with Gasteiger partial charge < -0.3 is 9.72 Å². The van der Waals surface area contributed by atoms with Crippen molar-refractivity contribution < 1.29 is 4.74 Å². The van der Waals surface area contributed by atoms with Gasteiger partial charge in [-0.05, 0) is 18.2 Å². The van der Waals surface area contributed by atoms with Gasteiger partial charge in [-0.2, -0.15) is 5.10 Å². The van der Waals surface area contributed by atoms with E-state index in [-0.39, 0.29) is 0 Å². The standard InChI is InChI=1S/C13H9N5O/c1-2-9(5-11-8(1)6-17-18-11)19-13-10-3-4-14-12(10)15-7-16-13/h1-7H,(H,17,18)(H,14,15,16). The van der Waals surface area contributed by atoms with Gasteiger partial charge in [-0.1, -0.05) is 0 Å². The van der Waals surface area contributed by atoms with Crippen LogP contribution < -0.4 is 4.74 Å². The van der Waals surface area contributed by atoms with Gasteiger partial charge in [-0.15, -0.1) is 0 Å². The highest BCUT2D eigenvalue weighted by Crippen LogP contribution is 2.27. The van der Waals surface area contributed by atoms with Crippen LogP contribution in [0.5, 0.6) is 11.6 Å². The zero-order valence-corrected chi connectivity index (χ0v) is 9.79. The lowest BCUT2D eigenvalue weighted by molar-refractivity contribution is 0.469. The molecule has 0 radical (unpaired) electrons. The molecule has 3 heterocycles. The average Bonchev–Trinajstić information content (AvgIpc) is 3.06. The molecule has 0 atom stereocenters. The van der Waals surface area contributed by atoms with Crippen LogP contribution in [0.25, 0.3) is 21.9 Å². The van der Waals surface area contributed by atoms with E-state index >= 15 is 0 Å². The third kappa shape index (κ3) is 1.61. The highest BCUT2D eigenvalue weighted by molar-refractivity contribution is 5.82. The second-order valence-corrected chi connectivity index (χ2v) is 4.14. The second-order valence-electron chi connectivity index (χ2n) is 4.14. The van der Waals surface area contributed by atoms with E-state index in [1.165, 1.54) is 6.33 Å². The first kappa shape index (κ1) is 10.1. The number of H-pyrrole nitrogens is 2. The first-order valence-corrected chi connectivity index (χ1v) is 5.79. The van der Waals surface area contributed by atoms with Gasteiger partial charge in [0.05, 0.1) is 17.1 Å². The van der Waals surface area contributed by atoms with Crippen LogP contribution in [0.15, 0.2) is 43.0 Å². The number of rotatable bonds is 2. The molecule has 3 aromatic heterocycles. The predicted molar refractivity (Wildman–Crippen MR) is 70.1 cm³/mol. The summed E-state index contributed by atoms with van der Waals surface area (Å²) < 4.78 is 5.81. The van der Waals surface area contributed by atoms with Crippen molar-refractivity contribution in [2.24, 2.45) is 0 Å². The summed E-state index contributed by atoms with van der Waals surface area (Å²) in [5.41, 5.74) is 1.68. The lowest BCUT2D eigenvalue weighted by Gasteiger charge is -2.05. The van der Waals surface area contributed by atoms with Gasteiger partial charge in [0, 0.05) is 17.6 Å². The second kappa shape index (κ2) is 3.81. The summed E-state index contributed by atoms with van der Waals surface area (Å²) in [4.78, 5) is 11.3. The Labute approximate surface area is 107 Å². The molecule has 6 heteroatoms. The van der Waals surface area contributed by atoms with Crippen LogP contribution in [0.1, 0.15) is 0 Å². The molecule has 0 fully saturated rings. The number of hydrogen-bond acceptors (Lipinski definition) is 4. The molecule has 4 rings (SSSR count). The first-order chi connectivity index (χ1) is 9.40. The van der Waals surface area contributed by atoms with E-state index in [9.17, 15) is 0 Å². The molecular formula is C13H9N5O. The van der Waals surface area contributed by atoms with E-state index < -0.39 is 0 Å². The van der Waals surface area contributed by atoms with Crippen molar-refractivity contribution in [1.82, 2.24) is 25.1 Å². The summed E-state index contributed by atoms with van der Waals surface area (Å²) in [6, 6.07) is 7.62. The fourth-order valence-corrected chi connectivity index (χ4v) is 2.02. The Morgan fingerprint density at radius 3 is 3.11 bits per heavy atom. The minimum absolute atomic E-state index is 0.533.